The topological polar surface area (TPSA) is 98.2 Å². The summed E-state index contributed by atoms with van der Waals surface area (Å²) in [4.78, 5) is 41.7. The SMILES string of the molecule is CC(C(=O)N1CCCC1C(=O)SC1CCCCC1)N(C)C(=O)c1ccc(O)c(O)c1. The molecule has 164 valence electrons. The molecule has 2 amide bonds. The predicted octanol–water partition coefficient (Wildman–Crippen LogP) is 3.14. The molecule has 0 bridgehead atoms. The van der Waals surface area contributed by atoms with Crippen LogP contribution in [0.3, 0.4) is 0 Å². The van der Waals surface area contributed by atoms with Crippen molar-refractivity contribution in [3.05, 3.63) is 23.8 Å². The van der Waals surface area contributed by atoms with Crippen LogP contribution in [0.4, 0.5) is 0 Å². The lowest BCUT2D eigenvalue weighted by molar-refractivity contribution is -0.138. The summed E-state index contributed by atoms with van der Waals surface area (Å²) in [5.74, 6) is -1.39. The van der Waals surface area contributed by atoms with Crippen LogP contribution in [0, 0.1) is 0 Å². The minimum absolute atomic E-state index is 0.0670. The number of phenols is 2. The summed E-state index contributed by atoms with van der Waals surface area (Å²) in [6.07, 6.45) is 7.12. The molecule has 30 heavy (non-hydrogen) atoms. The van der Waals surface area contributed by atoms with Crippen LogP contribution < -0.4 is 0 Å². The van der Waals surface area contributed by atoms with Gasteiger partial charge in [-0.2, -0.15) is 0 Å². The average molecular weight is 435 g/mol. The number of hydrogen-bond acceptors (Lipinski definition) is 6. The van der Waals surface area contributed by atoms with Crippen LogP contribution in [0.2, 0.25) is 0 Å². The van der Waals surface area contributed by atoms with Crippen molar-refractivity contribution >= 4 is 28.7 Å². The quantitative estimate of drug-likeness (QED) is 0.691. The zero-order chi connectivity index (χ0) is 21.8. The number of rotatable bonds is 5. The van der Waals surface area contributed by atoms with Gasteiger partial charge in [-0.3, -0.25) is 14.4 Å². The van der Waals surface area contributed by atoms with Gasteiger partial charge < -0.3 is 20.0 Å². The fourth-order valence-corrected chi connectivity index (χ4v) is 5.44. The molecule has 0 spiro atoms. The van der Waals surface area contributed by atoms with Gasteiger partial charge in [-0.05, 0) is 50.8 Å². The monoisotopic (exact) mass is 434 g/mol. The van der Waals surface area contributed by atoms with Crippen LogP contribution in [0.5, 0.6) is 11.5 Å². The van der Waals surface area contributed by atoms with Gasteiger partial charge in [-0.1, -0.05) is 31.0 Å². The van der Waals surface area contributed by atoms with Gasteiger partial charge in [-0.25, -0.2) is 0 Å². The van der Waals surface area contributed by atoms with Gasteiger partial charge >= 0.3 is 0 Å². The third kappa shape index (κ3) is 4.91. The van der Waals surface area contributed by atoms with Crippen molar-refractivity contribution in [2.75, 3.05) is 13.6 Å². The van der Waals surface area contributed by atoms with Crippen molar-refractivity contribution in [2.24, 2.45) is 0 Å². The number of likely N-dealkylation sites (N-methyl/N-ethyl adjacent to an activating group) is 1. The first kappa shape index (κ1) is 22.5. The molecule has 1 aliphatic carbocycles. The summed E-state index contributed by atoms with van der Waals surface area (Å²) < 4.78 is 0. The summed E-state index contributed by atoms with van der Waals surface area (Å²) in [7, 11) is 1.53. The van der Waals surface area contributed by atoms with Gasteiger partial charge in [0.15, 0.2) is 11.5 Å². The van der Waals surface area contributed by atoms with Crippen LogP contribution in [-0.2, 0) is 9.59 Å². The van der Waals surface area contributed by atoms with Crippen molar-refractivity contribution in [1.29, 1.82) is 0 Å². The highest BCUT2D eigenvalue weighted by molar-refractivity contribution is 8.14. The Kier molecular flexibility index (Phi) is 7.28. The molecule has 1 aromatic rings. The Morgan fingerprint density at radius 1 is 1.07 bits per heavy atom. The molecule has 0 radical (unpaired) electrons. The fourth-order valence-electron chi connectivity index (χ4n) is 4.14. The van der Waals surface area contributed by atoms with Gasteiger partial charge in [0.25, 0.3) is 5.91 Å². The number of aromatic hydroxyl groups is 2. The van der Waals surface area contributed by atoms with E-state index < -0.39 is 23.7 Å². The van der Waals surface area contributed by atoms with E-state index in [0.717, 1.165) is 32.1 Å². The molecule has 7 nitrogen and oxygen atoms in total. The minimum atomic E-state index is -0.749. The second-order valence-electron chi connectivity index (χ2n) is 8.18. The molecule has 1 heterocycles. The Morgan fingerprint density at radius 2 is 1.77 bits per heavy atom. The highest BCUT2D eigenvalue weighted by Crippen LogP contribution is 2.33. The van der Waals surface area contributed by atoms with E-state index >= 15 is 0 Å². The standard InChI is InChI=1S/C22H30N2O5S/c1-14(23(2)21(28)15-10-11-18(25)19(26)13-15)20(27)24-12-6-9-17(24)22(29)30-16-7-4-3-5-8-16/h10-11,13-14,16-17,25-26H,3-9,12H2,1-2H3. The van der Waals surface area contributed by atoms with E-state index in [1.807, 2.05) is 0 Å². The number of phenolic OH excluding ortho intramolecular Hbond substituents is 2. The average Bonchev–Trinajstić information content (AvgIpc) is 3.24. The van der Waals surface area contributed by atoms with Crippen molar-refractivity contribution < 1.29 is 24.6 Å². The molecule has 2 N–H and O–H groups in total. The van der Waals surface area contributed by atoms with Crippen LogP contribution in [-0.4, -0.2) is 67.9 Å². The molecule has 2 fully saturated rings. The molecule has 0 aromatic heterocycles. The molecule has 8 heteroatoms. The van der Waals surface area contributed by atoms with Crippen LogP contribution >= 0.6 is 11.8 Å². The first-order chi connectivity index (χ1) is 14.3. The molecule has 1 saturated carbocycles. The molecule has 1 saturated heterocycles. The Morgan fingerprint density at radius 3 is 2.43 bits per heavy atom. The maximum Gasteiger partial charge on any atom is 0.254 e. The summed E-state index contributed by atoms with van der Waals surface area (Å²) in [6.45, 7) is 2.17. The third-order valence-electron chi connectivity index (χ3n) is 6.12. The number of thioether (sulfide) groups is 1. The summed E-state index contributed by atoms with van der Waals surface area (Å²) >= 11 is 1.40. The maximum absolute atomic E-state index is 13.1. The summed E-state index contributed by atoms with van der Waals surface area (Å²) in [5.41, 5.74) is 0.175. The number of likely N-dealkylation sites (tertiary alicyclic amines) is 1. The molecular formula is C22H30N2O5S. The smallest absolute Gasteiger partial charge is 0.254 e. The molecule has 2 unspecified atom stereocenters. The second-order valence-corrected chi connectivity index (χ2v) is 9.49. The number of nitrogens with zero attached hydrogens (tertiary/aromatic N) is 2. The molecule has 2 aliphatic rings. The van der Waals surface area contributed by atoms with E-state index in [-0.39, 0.29) is 22.3 Å². The van der Waals surface area contributed by atoms with Crippen molar-refractivity contribution in [3.8, 4) is 11.5 Å². The Balaban J connectivity index is 1.65. The molecular weight excluding hydrogens is 404 g/mol. The number of carbonyl (C=O) groups is 3. The van der Waals surface area contributed by atoms with Gasteiger partial charge in [0.1, 0.15) is 12.1 Å². The number of amides is 2. The van der Waals surface area contributed by atoms with Crippen molar-refractivity contribution in [2.45, 2.75) is 69.2 Å². The van der Waals surface area contributed by atoms with Crippen molar-refractivity contribution in [1.82, 2.24) is 9.80 Å². The van der Waals surface area contributed by atoms with E-state index in [2.05, 4.69) is 0 Å². The predicted molar refractivity (Wildman–Crippen MR) is 116 cm³/mol. The number of hydrogen-bond donors (Lipinski definition) is 2. The van der Waals surface area contributed by atoms with E-state index in [4.69, 9.17) is 0 Å². The Bertz CT molecular complexity index is 809. The first-order valence-corrected chi connectivity index (χ1v) is 11.5. The van der Waals surface area contributed by atoms with Gasteiger partial charge in [0, 0.05) is 24.4 Å². The second kappa shape index (κ2) is 9.73. The van der Waals surface area contributed by atoms with Gasteiger partial charge in [-0.15, -0.1) is 0 Å². The van der Waals surface area contributed by atoms with E-state index in [1.54, 1.807) is 11.8 Å². The third-order valence-corrected chi connectivity index (χ3v) is 7.43. The van der Waals surface area contributed by atoms with Crippen LogP contribution in [0.25, 0.3) is 0 Å². The molecule has 3 rings (SSSR count). The summed E-state index contributed by atoms with van der Waals surface area (Å²) in [5, 5.41) is 19.5. The molecule has 1 aromatic carbocycles. The number of carbonyl (C=O) groups excluding carboxylic acids is 3. The van der Waals surface area contributed by atoms with E-state index in [1.165, 1.54) is 48.3 Å². The Hall–Kier alpha value is -2.22. The molecule has 1 aliphatic heterocycles. The highest BCUT2D eigenvalue weighted by Gasteiger charge is 2.38. The van der Waals surface area contributed by atoms with Crippen molar-refractivity contribution in [3.63, 3.8) is 0 Å². The fraction of sp³-hybridized carbons (Fsp3) is 0.591. The van der Waals surface area contributed by atoms with E-state index in [0.29, 0.717) is 18.2 Å². The summed E-state index contributed by atoms with van der Waals surface area (Å²) in [6, 6.07) is 2.64. The van der Waals surface area contributed by atoms with E-state index in [9.17, 15) is 24.6 Å². The van der Waals surface area contributed by atoms with Crippen LogP contribution in [0.1, 0.15) is 62.2 Å². The Labute approximate surface area is 181 Å². The lowest BCUT2D eigenvalue weighted by atomic mass is 10.0. The van der Waals surface area contributed by atoms with Gasteiger partial charge in [0.05, 0.1) is 0 Å². The minimum Gasteiger partial charge on any atom is -0.504 e. The maximum atomic E-state index is 13.1. The van der Waals surface area contributed by atoms with Crippen LogP contribution in [0.15, 0.2) is 18.2 Å². The first-order valence-electron chi connectivity index (χ1n) is 10.6. The van der Waals surface area contributed by atoms with Gasteiger partial charge in [0.2, 0.25) is 11.0 Å². The lowest BCUT2D eigenvalue weighted by Gasteiger charge is -2.31. The molecule has 2 atom stereocenters. The number of benzene rings is 1. The lowest BCUT2D eigenvalue weighted by Crippen LogP contribution is -2.50. The highest BCUT2D eigenvalue weighted by atomic mass is 32.2. The largest absolute Gasteiger partial charge is 0.504 e. The zero-order valence-electron chi connectivity index (χ0n) is 17.5. The zero-order valence-corrected chi connectivity index (χ0v) is 18.4. The normalized spacial score (nSPS) is 20.7.